The highest BCUT2D eigenvalue weighted by molar-refractivity contribution is 6.21. The zero-order valence-electron chi connectivity index (χ0n) is 8.10. The Morgan fingerprint density at radius 2 is 1.86 bits per heavy atom. The molecule has 14 heavy (non-hydrogen) atoms. The van der Waals surface area contributed by atoms with Gasteiger partial charge in [-0.05, 0) is 54.8 Å². The number of alkyl halides is 1. The van der Waals surface area contributed by atoms with Gasteiger partial charge in [0.05, 0.1) is 12.2 Å². The van der Waals surface area contributed by atoms with Gasteiger partial charge in [-0.25, -0.2) is 0 Å². The number of rotatable bonds is 1. The molecule has 1 saturated heterocycles. The Balaban J connectivity index is 1.51. The minimum absolute atomic E-state index is 0.549. The first-order chi connectivity index (χ1) is 6.86. The van der Waals surface area contributed by atoms with Crippen molar-refractivity contribution in [2.75, 3.05) is 0 Å². The van der Waals surface area contributed by atoms with E-state index in [0.29, 0.717) is 17.6 Å². The molecule has 4 bridgehead atoms. The van der Waals surface area contributed by atoms with E-state index < -0.39 is 0 Å². The molecule has 76 valence electrons. The average molecular weight is 211 g/mol. The van der Waals surface area contributed by atoms with Crippen molar-refractivity contribution >= 4 is 11.6 Å². The minimum atomic E-state index is 0.549. The summed E-state index contributed by atoms with van der Waals surface area (Å²) in [5, 5.41) is 0.549. The lowest BCUT2D eigenvalue weighted by Crippen LogP contribution is -2.23. The Kier molecular flexibility index (Phi) is 1.09. The summed E-state index contributed by atoms with van der Waals surface area (Å²) in [7, 11) is 0. The fraction of sp³-hybridized carbons (Fsp3) is 1.00. The van der Waals surface area contributed by atoms with Crippen molar-refractivity contribution in [3.63, 3.8) is 0 Å². The molecule has 6 aliphatic rings. The van der Waals surface area contributed by atoms with E-state index in [2.05, 4.69) is 0 Å². The minimum Gasteiger partial charge on any atom is -0.369 e. The van der Waals surface area contributed by atoms with Gasteiger partial charge in [0.15, 0.2) is 0 Å². The Morgan fingerprint density at radius 3 is 2.29 bits per heavy atom. The molecule has 1 aliphatic heterocycles. The molecule has 6 rings (SSSR count). The van der Waals surface area contributed by atoms with Gasteiger partial charge in [-0.15, -0.1) is 11.6 Å². The van der Waals surface area contributed by atoms with Crippen LogP contribution in [0.5, 0.6) is 0 Å². The second-order valence-corrected chi connectivity index (χ2v) is 6.62. The summed E-state index contributed by atoms with van der Waals surface area (Å²) in [6, 6.07) is 0. The van der Waals surface area contributed by atoms with E-state index in [1.807, 2.05) is 0 Å². The van der Waals surface area contributed by atoms with Crippen LogP contribution in [0.3, 0.4) is 0 Å². The third-order valence-electron chi connectivity index (χ3n) is 5.87. The quantitative estimate of drug-likeness (QED) is 0.478. The van der Waals surface area contributed by atoms with E-state index in [-0.39, 0.29) is 0 Å². The monoisotopic (exact) mass is 210 g/mol. The Bertz CT molecular complexity index is 317. The molecule has 9 unspecified atom stereocenters. The SMILES string of the molecule is ClC1C2CC3C1C3C2C1CCC2OC21. The van der Waals surface area contributed by atoms with Crippen LogP contribution in [-0.4, -0.2) is 17.6 Å². The van der Waals surface area contributed by atoms with Crippen LogP contribution < -0.4 is 0 Å². The van der Waals surface area contributed by atoms with Crippen molar-refractivity contribution in [3.05, 3.63) is 0 Å². The molecule has 9 atom stereocenters. The maximum atomic E-state index is 6.49. The molecule has 0 radical (unpaired) electrons. The molecule has 0 spiro atoms. The highest BCUT2D eigenvalue weighted by atomic mass is 35.5. The highest BCUT2D eigenvalue weighted by Gasteiger charge is 2.75. The first-order valence-electron chi connectivity index (χ1n) is 6.16. The van der Waals surface area contributed by atoms with E-state index in [4.69, 9.17) is 16.3 Å². The third-order valence-corrected chi connectivity index (χ3v) is 6.49. The van der Waals surface area contributed by atoms with Crippen molar-refractivity contribution in [3.8, 4) is 0 Å². The standard InChI is InChI=1S/C12H15ClO/c13-11-6-3-5-9(10(5)11)8(6)4-1-2-7-12(4)14-7/h4-12H,1-3H2. The number of fused-ring (bicyclic) bond motifs is 1. The second kappa shape index (κ2) is 2.04. The summed E-state index contributed by atoms with van der Waals surface area (Å²) in [6.45, 7) is 0. The van der Waals surface area contributed by atoms with E-state index in [0.717, 1.165) is 35.5 Å². The van der Waals surface area contributed by atoms with Gasteiger partial charge in [0.25, 0.3) is 0 Å². The third kappa shape index (κ3) is 0.639. The van der Waals surface area contributed by atoms with Gasteiger partial charge in [-0.3, -0.25) is 0 Å². The van der Waals surface area contributed by atoms with Crippen LogP contribution in [0, 0.1) is 35.5 Å². The van der Waals surface area contributed by atoms with Gasteiger partial charge >= 0.3 is 0 Å². The van der Waals surface area contributed by atoms with Gasteiger partial charge in [0.2, 0.25) is 0 Å². The first-order valence-corrected chi connectivity index (χ1v) is 6.59. The summed E-state index contributed by atoms with van der Waals surface area (Å²) >= 11 is 6.49. The van der Waals surface area contributed by atoms with Gasteiger partial charge in [-0.2, -0.15) is 0 Å². The number of ether oxygens (including phenoxy) is 1. The molecule has 5 aliphatic carbocycles. The number of epoxide rings is 1. The summed E-state index contributed by atoms with van der Waals surface area (Å²) in [5.74, 6) is 5.79. The molecule has 1 nitrogen and oxygen atoms in total. The molecule has 0 amide bonds. The van der Waals surface area contributed by atoms with Crippen LogP contribution in [0.4, 0.5) is 0 Å². The maximum Gasteiger partial charge on any atom is 0.0872 e. The van der Waals surface area contributed by atoms with Crippen LogP contribution in [0.1, 0.15) is 19.3 Å². The van der Waals surface area contributed by atoms with Gasteiger partial charge in [0.1, 0.15) is 0 Å². The Morgan fingerprint density at radius 1 is 0.929 bits per heavy atom. The van der Waals surface area contributed by atoms with Crippen molar-refractivity contribution < 1.29 is 4.74 Å². The average Bonchev–Trinajstić information content (AvgIpc) is 2.90. The molecule has 0 aromatic carbocycles. The number of hydrogen-bond donors (Lipinski definition) is 0. The number of hydrogen-bond acceptors (Lipinski definition) is 1. The molecule has 0 aromatic heterocycles. The highest BCUT2D eigenvalue weighted by Crippen LogP contribution is 2.77. The van der Waals surface area contributed by atoms with Crippen LogP contribution in [0.2, 0.25) is 0 Å². The van der Waals surface area contributed by atoms with E-state index in [1.54, 1.807) is 0 Å². The topological polar surface area (TPSA) is 12.5 Å². The molecular formula is C12H15ClO. The predicted molar refractivity (Wildman–Crippen MR) is 53.1 cm³/mol. The molecule has 0 aromatic rings. The van der Waals surface area contributed by atoms with Gasteiger partial charge in [0, 0.05) is 5.38 Å². The lowest BCUT2D eigenvalue weighted by atomic mass is 9.83. The summed E-state index contributed by atoms with van der Waals surface area (Å²) in [4.78, 5) is 0. The maximum absolute atomic E-state index is 6.49. The molecule has 0 N–H and O–H groups in total. The fourth-order valence-electron chi connectivity index (χ4n) is 5.42. The fourth-order valence-corrected chi connectivity index (χ4v) is 6.04. The van der Waals surface area contributed by atoms with Crippen LogP contribution in [0.25, 0.3) is 0 Å². The van der Waals surface area contributed by atoms with Gasteiger partial charge < -0.3 is 4.74 Å². The molecule has 5 saturated carbocycles. The summed E-state index contributed by atoms with van der Waals surface area (Å²) in [5.41, 5.74) is 0. The molecular weight excluding hydrogens is 196 g/mol. The van der Waals surface area contributed by atoms with Crippen molar-refractivity contribution in [2.45, 2.75) is 36.8 Å². The van der Waals surface area contributed by atoms with Gasteiger partial charge in [-0.1, -0.05) is 0 Å². The van der Waals surface area contributed by atoms with Crippen LogP contribution in [0.15, 0.2) is 0 Å². The summed E-state index contributed by atoms with van der Waals surface area (Å²) < 4.78 is 5.70. The second-order valence-electron chi connectivity index (χ2n) is 6.12. The van der Waals surface area contributed by atoms with Crippen molar-refractivity contribution in [1.82, 2.24) is 0 Å². The zero-order valence-corrected chi connectivity index (χ0v) is 8.86. The van der Waals surface area contributed by atoms with Crippen LogP contribution >= 0.6 is 11.6 Å². The largest absolute Gasteiger partial charge is 0.369 e. The smallest absolute Gasteiger partial charge is 0.0872 e. The molecule has 1 heterocycles. The lowest BCUT2D eigenvalue weighted by molar-refractivity contribution is 0.181. The zero-order chi connectivity index (χ0) is 9.02. The van der Waals surface area contributed by atoms with Crippen molar-refractivity contribution in [2.24, 2.45) is 35.5 Å². The molecule has 6 fully saturated rings. The first kappa shape index (κ1) is 7.51. The van der Waals surface area contributed by atoms with E-state index >= 15 is 0 Å². The van der Waals surface area contributed by atoms with Crippen molar-refractivity contribution in [1.29, 1.82) is 0 Å². The normalized spacial score (nSPS) is 76.5. The predicted octanol–water partition coefficient (Wildman–Crippen LogP) is 2.28. The van der Waals surface area contributed by atoms with E-state index in [1.165, 1.54) is 19.3 Å². The number of halogens is 1. The summed E-state index contributed by atoms with van der Waals surface area (Å²) in [6.07, 6.45) is 5.58. The van der Waals surface area contributed by atoms with Crippen LogP contribution in [-0.2, 0) is 4.74 Å². The lowest BCUT2D eigenvalue weighted by Gasteiger charge is -2.23. The Hall–Kier alpha value is 0.250. The molecule has 2 heteroatoms. The Labute approximate surface area is 89.1 Å². The van der Waals surface area contributed by atoms with E-state index in [9.17, 15) is 0 Å².